The van der Waals surface area contributed by atoms with Crippen molar-refractivity contribution in [2.75, 3.05) is 19.0 Å². The van der Waals surface area contributed by atoms with E-state index in [1.54, 1.807) is 0 Å². The minimum Gasteiger partial charge on any atom is -0.342 e. The maximum absolute atomic E-state index is 12.4. The van der Waals surface area contributed by atoms with Crippen LogP contribution >= 0.6 is 11.6 Å². The monoisotopic (exact) mass is 243 g/mol. The number of piperidine rings is 1. The molecule has 0 atom stereocenters. The van der Waals surface area contributed by atoms with Crippen molar-refractivity contribution < 1.29 is 4.79 Å². The summed E-state index contributed by atoms with van der Waals surface area (Å²) in [6.07, 6.45) is 6.79. The second kappa shape index (κ2) is 4.95. The van der Waals surface area contributed by atoms with Gasteiger partial charge in [-0.05, 0) is 31.6 Å². The van der Waals surface area contributed by atoms with Gasteiger partial charge in [0.15, 0.2) is 0 Å². The van der Waals surface area contributed by atoms with E-state index in [0.29, 0.717) is 11.8 Å². The Morgan fingerprint density at radius 1 is 1.31 bits per heavy atom. The molecule has 0 aromatic rings. The molecule has 0 aromatic carbocycles. The highest BCUT2D eigenvalue weighted by molar-refractivity contribution is 6.18. The fraction of sp³-hybridized carbons (Fsp3) is 0.923. The molecule has 0 N–H and O–H groups in total. The average molecular weight is 244 g/mol. The third-order valence-corrected chi connectivity index (χ3v) is 4.78. The molecular weight excluding hydrogens is 222 g/mol. The first-order chi connectivity index (χ1) is 7.65. The molecule has 0 radical (unpaired) electrons. The fourth-order valence-corrected chi connectivity index (χ4v) is 3.35. The van der Waals surface area contributed by atoms with E-state index in [1.807, 2.05) is 0 Å². The molecule has 2 aliphatic rings. The lowest BCUT2D eigenvalue weighted by molar-refractivity contribution is -0.142. The minimum atomic E-state index is -0.0478. The summed E-state index contributed by atoms with van der Waals surface area (Å²) in [6, 6.07) is 0. The van der Waals surface area contributed by atoms with Gasteiger partial charge in [-0.2, -0.15) is 0 Å². The first-order valence-corrected chi connectivity index (χ1v) is 7.04. The van der Waals surface area contributed by atoms with E-state index < -0.39 is 0 Å². The lowest BCUT2D eigenvalue weighted by atomic mass is 9.86. The van der Waals surface area contributed by atoms with Gasteiger partial charge in [0.25, 0.3) is 0 Å². The van der Waals surface area contributed by atoms with Gasteiger partial charge in [-0.3, -0.25) is 4.79 Å². The van der Waals surface area contributed by atoms with Crippen LogP contribution < -0.4 is 0 Å². The Morgan fingerprint density at radius 2 is 1.88 bits per heavy atom. The smallest absolute Gasteiger partial charge is 0.228 e. The van der Waals surface area contributed by atoms with Gasteiger partial charge in [0.05, 0.1) is 0 Å². The topological polar surface area (TPSA) is 20.3 Å². The molecule has 3 heteroatoms. The second-order valence-electron chi connectivity index (χ2n) is 5.66. The quantitative estimate of drug-likeness (QED) is 0.683. The summed E-state index contributed by atoms with van der Waals surface area (Å²) in [5, 5.41) is 0. The zero-order chi connectivity index (χ0) is 11.6. The molecule has 2 nitrogen and oxygen atoms in total. The molecule has 1 aliphatic carbocycles. The third-order valence-electron chi connectivity index (χ3n) is 4.34. The van der Waals surface area contributed by atoms with Crippen molar-refractivity contribution in [3.8, 4) is 0 Å². The van der Waals surface area contributed by atoms with E-state index in [9.17, 15) is 4.79 Å². The molecule has 0 aromatic heterocycles. The predicted molar refractivity (Wildman–Crippen MR) is 66.6 cm³/mol. The van der Waals surface area contributed by atoms with Crippen LogP contribution in [0.4, 0.5) is 0 Å². The van der Waals surface area contributed by atoms with Gasteiger partial charge in [-0.25, -0.2) is 0 Å². The van der Waals surface area contributed by atoms with Crippen molar-refractivity contribution in [3.63, 3.8) is 0 Å². The molecule has 1 aliphatic heterocycles. The van der Waals surface area contributed by atoms with Crippen molar-refractivity contribution >= 4 is 17.5 Å². The Morgan fingerprint density at radius 3 is 2.38 bits per heavy atom. The molecule has 1 heterocycles. The molecule has 0 unspecified atom stereocenters. The normalized spacial score (nSPS) is 26.0. The van der Waals surface area contributed by atoms with Crippen molar-refractivity contribution in [1.82, 2.24) is 4.90 Å². The van der Waals surface area contributed by atoms with Gasteiger partial charge in [-0.15, -0.1) is 11.6 Å². The maximum atomic E-state index is 12.4. The van der Waals surface area contributed by atoms with E-state index in [-0.39, 0.29) is 5.41 Å². The van der Waals surface area contributed by atoms with Crippen LogP contribution in [0.5, 0.6) is 0 Å². The molecule has 1 amide bonds. The SMILES string of the molecule is CC1(C(=O)N2CCC(CCl)CC2)CCCC1. The molecule has 0 spiro atoms. The van der Waals surface area contributed by atoms with Gasteiger partial charge in [0, 0.05) is 24.4 Å². The molecule has 1 saturated carbocycles. The van der Waals surface area contributed by atoms with Crippen LogP contribution in [0.2, 0.25) is 0 Å². The first kappa shape index (κ1) is 12.2. The lowest BCUT2D eigenvalue weighted by Crippen LogP contribution is -2.45. The van der Waals surface area contributed by atoms with E-state index in [4.69, 9.17) is 11.6 Å². The van der Waals surface area contributed by atoms with Crippen molar-refractivity contribution in [2.45, 2.75) is 45.4 Å². The number of halogens is 1. The highest BCUT2D eigenvalue weighted by Gasteiger charge is 2.39. The Kier molecular flexibility index (Phi) is 3.78. The van der Waals surface area contributed by atoms with Crippen LogP contribution in [-0.4, -0.2) is 29.8 Å². The van der Waals surface area contributed by atoms with Crippen LogP contribution in [0, 0.1) is 11.3 Å². The summed E-state index contributed by atoms with van der Waals surface area (Å²) in [6.45, 7) is 3.99. The van der Waals surface area contributed by atoms with Crippen LogP contribution in [0.3, 0.4) is 0 Å². The van der Waals surface area contributed by atoms with Crippen molar-refractivity contribution in [3.05, 3.63) is 0 Å². The first-order valence-electron chi connectivity index (χ1n) is 6.51. The van der Waals surface area contributed by atoms with Gasteiger partial charge >= 0.3 is 0 Å². The van der Waals surface area contributed by atoms with Crippen LogP contribution in [0.15, 0.2) is 0 Å². The molecule has 2 fully saturated rings. The van der Waals surface area contributed by atoms with Crippen molar-refractivity contribution in [1.29, 1.82) is 0 Å². The maximum Gasteiger partial charge on any atom is 0.228 e. The molecule has 1 saturated heterocycles. The molecular formula is C13H22ClNO. The second-order valence-corrected chi connectivity index (χ2v) is 5.97. The highest BCUT2D eigenvalue weighted by atomic mass is 35.5. The summed E-state index contributed by atoms with van der Waals surface area (Å²) in [5.74, 6) is 1.78. The van der Waals surface area contributed by atoms with E-state index in [0.717, 1.165) is 44.7 Å². The van der Waals surface area contributed by atoms with Crippen LogP contribution in [0.1, 0.15) is 45.4 Å². The van der Waals surface area contributed by atoms with Crippen LogP contribution in [0.25, 0.3) is 0 Å². The summed E-state index contributed by atoms with van der Waals surface area (Å²) < 4.78 is 0. The lowest BCUT2D eigenvalue weighted by Gasteiger charge is -2.36. The largest absolute Gasteiger partial charge is 0.342 e. The van der Waals surface area contributed by atoms with E-state index in [2.05, 4.69) is 11.8 Å². The van der Waals surface area contributed by atoms with Gasteiger partial charge < -0.3 is 4.90 Å². The Labute approximate surface area is 103 Å². The van der Waals surface area contributed by atoms with Crippen LogP contribution in [-0.2, 0) is 4.79 Å². The number of hydrogen-bond donors (Lipinski definition) is 0. The van der Waals surface area contributed by atoms with Gasteiger partial charge in [0.2, 0.25) is 5.91 Å². The number of amides is 1. The minimum absolute atomic E-state index is 0.0478. The number of carbonyl (C=O) groups excluding carboxylic acids is 1. The summed E-state index contributed by atoms with van der Waals surface area (Å²) in [4.78, 5) is 14.5. The molecule has 0 bridgehead atoms. The number of rotatable bonds is 2. The number of alkyl halides is 1. The molecule has 92 valence electrons. The van der Waals surface area contributed by atoms with Gasteiger partial charge in [-0.1, -0.05) is 19.8 Å². The van der Waals surface area contributed by atoms with Crippen molar-refractivity contribution in [2.24, 2.45) is 11.3 Å². The Hall–Kier alpha value is -0.240. The Balaban J connectivity index is 1.91. The average Bonchev–Trinajstić information content (AvgIpc) is 2.77. The summed E-state index contributed by atoms with van der Waals surface area (Å²) >= 11 is 5.86. The standard InChI is InChI=1S/C13H22ClNO/c1-13(6-2-3-7-13)12(16)15-8-4-11(10-14)5-9-15/h11H,2-10H2,1H3. The zero-order valence-electron chi connectivity index (χ0n) is 10.2. The Bertz CT molecular complexity index is 253. The third kappa shape index (κ3) is 2.37. The highest BCUT2D eigenvalue weighted by Crippen LogP contribution is 2.39. The summed E-state index contributed by atoms with van der Waals surface area (Å²) in [7, 11) is 0. The fourth-order valence-electron chi connectivity index (χ4n) is 3.04. The number of likely N-dealkylation sites (tertiary alicyclic amines) is 1. The number of hydrogen-bond acceptors (Lipinski definition) is 1. The number of carbonyl (C=O) groups is 1. The number of nitrogens with zero attached hydrogens (tertiary/aromatic N) is 1. The molecule has 16 heavy (non-hydrogen) atoms. The predicted octanol–water partition coefficient (Wildman–Crippen LogP) is 3.04. The summed E-state index contributed by atoms with van der Waals surface area (Å²) in [5.41, 5.74) is -0.0478. The van der Waals surface area contributed by atoms with Gasteiger partial charge in [0.1, 0.15) is 0 Å². The zero-order valence-corrected chi connectivity index (χ0v) is 10.9. The molecule has 2 rings (SSSR count). The van der Waals surface area contributed by atoms with E-state index >= 15 is 0 Å². The van der Waals surface area contributed by atoms with E-state index in [1.165, 1.54) is 12.8 Å².